The molecule has 0 aliphatic rings. The van der Waals surface area contributed by atoms with Gasteiger partial charge in [0.2, 0.25) is 0 Å². The quantitative estimate of drug-likeness (QED) is 0.641. The standard InChI is InChI=1S/C14H21N3O3/c1-5-10(3)16(4)14(18)11-8-7-9-12(17(19)20)13(11)15-6-2/h7-10,15H,5-6H2,1-4H3. The average molecular weight is 279 g/mol. The van der Waals surface area contributed by atoms with Crippen LogP contribution >= 0.6 is 0 Å². The van der Waals surface area contributed by atoms with Crippen molar-refractivity contribution in [2.24, 2.45) is 0 Å². The molecule has 1 amide bonds. The lowest BCUT2D eigenvalue weighted by Gasteiger charge is -2.24. The van der Waals surface area contributed by atoms with Crippen molar-refractivity contribution in [3.05, 3.63) is 33.9 Å². The van der Waals surface area contributed by atoms with E-state index in [-0.39, 0.29) is 17.6 Å². The van der Waals surface area contributed by atoms with Crippen LogP contribution in [0.25, 0.3) is 0 Å². The Morgan fingerprint density at radius 3 is 2.60 bits per heavy atom. The molecular weight excluding hydrogens is 258 g/mol. The number of benzene rings is 1. The Kier molecular flexibility index (Phi) is 5.49. The minimum Gasteiger partial charge on any atom is -0.379 e. The van der Waals surface area contributed by atoms with Gasteiger partial charge in [-0.05, 0) is 26.3 Å². The number of nitro groups is 1. The second-order valence-corrected chi connectivity index (χ2v) is 4.66. The van der Waals surface area contributed by atoms with Gasteiger partial charge in [-0.3, -0.25) is 14.9 Å². The monoisotopic (exact) mass is 279 g/mol. The van der Waals surface area contributed by atoms with Gasteiger partial charge in [0.25, 0.3) is 11.6 Å². The number of nitro benzene ring substituents is 1. The van der Waals surface area contributed by atoms with Crippen LogP contribution in [0.5, 0.6) is 0 Å². The van der Waals surface area contributed by atoms with Gasteiger partial charge < -0.3 is 10.2 Å². The van der Waals surface area contributed by atoms with Crippen LogP contribution in [0.3, 0.4) is 0 Å². The number of anilines is 1. The summed E-state index contributed by atoms with van der Waals surface area (Å²) in [6.07, 6.45) is 0.827. The van der Waals surface area contributed by atoms with Crippen LogP contribution in [-0.4, -0.2) is 35.4 Å². The first-order valence-corrected chi connectivity index (χ1v) is 6.72. The second-order valence-electron chi connectivity index (χ2n) is 4.66. The van der Waals surface area contributed by atoms with Crippen LogP contribution in [0.1, 0.15) is 37.6 Å². The summed E-state index contributed by atoms with van der Waals surface area (Å²) < 4.78 is 0. The van der Waals surface area contributed by atoms with Gasteiger partial charge in [0, 0.05) is 25.7 Å². The Labute approximate surface area is 118 Å². The number of rotatable bonds is 6. The van der Waals surface area contributed by atoms with Gasteiger partial charge in [-0.2, -0.15) is 0 Å². The molecule has 0 aliphatic carbocycles. The largest absolute Gasteiger partial charge is 0.379 e. The van der Waals surface area contributed by atoms with E-state index in [4.69, 9.17) is 0 Å². The van der Waals surface area contributed by atoms with Crippen molar-refractivity contribution in [3.8, 4) is 0 Å². The van der Waals surface area contributed by atoms with E-state index in [0.29, 0.717) is 17.8 Å². The maximum absolute atomic E-state index is 12.5. The summed E-state index contributed by atoms with van der Waals surface area (Å²) in [6.45, 7) is 6.29. The molecule has 6 heteroatoms. The number of carbonyl (C=O) groups excluding carboxylic acids is 1. The first-order valence-electron chi connectivity index (χ1n) is 6.72. The zero-order valence-corrected chi connectivity index (χ0v) is 12.3. The minimum absolute atomic E-state index is 0.0738. The first-order chi connectivity index (χ1) is 9.43. The molecule has 1 rings (SSSR count). The Morgan fingerprint density at radius 2 is 2.10 bits per heavy atom. The lowest BCUT2D eigenvalue weighted by atomic mass is 10.1. The molecule has 110 valence electrons. The maximum Gasteiger partial charge on any atom is 0.293 e. The van der Waals surface area contributed by atoms with E-state index >= 15 is 0 Å². The van der Waals surface area contributed by atoms with E-state index in [1.807, 2.05) is 20.8 Å². The van der Waals surface area contributed by atoms with Crippen molar-refractivity contribution in [2.45, 2.75) is 33.2 Å². The summed E-state index contributed by atoms with van der Waals surface area (Å²) >= 11 is 0. The Bertz CT molecular complexity index is 502. The van der Waals surface area contributed by atoms with Crippen LogP contribution < -0.4 is 5.32 Å². The molecule has 0 aliphatic heterocycles. The molecule has 0 bridgehead atoms. The highest BCUT2D eigenvalue weighted by molar-refractivity contribution is 6.01. The van der Waals surface area contributed by atoms with Crippen LogP contribution in [-0.2, 0) is 0 Å². The predicted octanol–water partition coefficient (Wildman–Crippen LogP) is 2.90. The molecule has 1 N–H and O–H groups in total. The molecule has 1 aromatic rings. The van der Waals surface area contributed by atoms with E-state index in [9.17, 15) is 14.9 Å². The van der Waals surface area contributed by atoms with E-state index in [2.05, 4.69) is 5.32 Å². The summed E-state index contributed by atoms with van der Waals surface area (Å²) in [4.78, 5) is 24.7. The van der Waals surface area contributed by atoms with Gasteiger partial charge in [0.05, 0.1) is 10.5 Å². The van der Waals surface area contributed by atoms with Crippen molar-refractivity contribution in [1.29, 1.82) is 0 Å². The summed E-state index contributed by atoms with van der Waals surface area (Å²) in [6, 6.07) is 4.64. The molecular formula is C14H21N3O3. The van der Waals surface area contributed by atoms with Crippen molar-refractivity contribution in [3.63, 3.8) is 0 Å². The van der Waals surface area contributed by atoms with E-state index in [0.717, 1.165) is 6.42 Å². The van der Waals surface area contributed by atoms with E-state index in [1.54, 1.807) is 18.0 Å². The highest BCUT2D eigenvalue weighted by Crippen LogP contribution is 2.29. The summed E-state index contributed by atoms with van der Waals surface area (Å²) in [5.74, 6) is -0.209. The zero-order valence-electron chi connectivity index (χ0n) is 12.3. The van der Waals surface area contributed by atoms with Crippen molar-refractivity contribution in [2.75, 3.05) is 18.9 Å². The number of nitrogens with one attached hydrogen (secondary N) is 1. The zero-order chi connectivity index (χ0) is 15.3. The number of amides is 1. The molecule has 0 saturated carbocycles. The van der Waals surface area contributed by atoms with Crippen molar-refractivity contribution >= 4 is 17.3 Å². The third kappa shape index (κ3) is 3.26. The van der Waals surface area contributed by atoms with E-state index < -0.39 is 4.92 Å². The van der Waals surface area contributed by atoms with Crippen LogP contribution in [0.2, 0.25) is 0 Å². The molecule has 1 unspecified atom stereocenters. The fourth-order valence-corrected chi connectivity index (χ4v) is 1.90. The average Bonchev–Trinajstić information content (AvgIpc) is 2.45. The lowest BCUT2D eigenvalue weighted by Crippen LogP contribution is -2.35. The first kappa shape index (κ1) is 15.9. The number of carbonyl (C=O) groups is 1. The molecule has 1 atom stereocenters. The summed E-state index contributed by atoms with van der Waals surface area (Å²) in [5, 5.41) is 14.0. The molecule has 0 aromatic heterocycles. The van der Waals surface area contributed by atoms with Gasteiger partial charge in [0.15, 0.2) is 0 Å². The van der Waals surface area contributed by atoms with Gasteiger partial charge in [-0.25, -0.2) is 0 Å². The van der Waals surface area contributed by atoms with Gasteiger partial charge in [0.1, 0.15) is 5.69 Å². The molecule has 1 aromatic carbocycles. The number of hydrogen-bond donors (Lipinski definition) is 1. The Morgan fingerprint density at radius 1 is 1.45 bits per heavy atom. The SMILES string of the molecule is CCNc1c(C(=O)N(C)C(C)CC)cccc1[N+](=O)[O-]. The predicted molar refractivity (Wildman–Crippen MR) is 79.1 cm³/mol. The molecule has 0 spiro atoms. The summed E-state index contributed by atoms with van der Waals surface area (Å²) in [7, 11) is 1.71. The molecule has 0 heterocycles. The smallest absolute Gasteiger partial charge is 0.293 e. The van der Waals surface area contributed by atoms with Gasteiger partial charge in [-0.15, -0.1) is 0 Å². The number of para-hydroxylation sites is 1. The lowest BCUT2D eigenvalue weighted by molar-refractivity contribution is -0.384. The molecule has 0 saturated heterocycles. The topological polar surface area (TPSA) is 75.5 Å². The fraction of sp³-hybridized carbons (Fsp3) is 0.500. The van der Waals surface area contributed by atoms with Gasteiger partial charge >= 0.3 is 0 Å². The minimum atomic E-state index is -0.474. The van der Waals surface area contributed by atoms with Crippen LogP contribution in [0.4, 0.5) is 11.4 Å². The third-order valence-corrected chi connectivity index (χ3v) is 3.40. The Hall–Kier alpha value is -2.11. The number of nitrogens with zero attached hydrogens (tertiary/aromatic N) is 2. The van der Waals surface area contributed by atoms with Crippen LogP contribution in [0, 0.1) is 10.1 Å². The van der Waals surface area contributed by atoms with Crippen molar-refractivity contribution < 1.29 is 9.72 Å². The number of hydrogen-bond acceptors (Lipinski definition) is 4. The van der Waals surface area contributed by atoms with Crippen molar-refractivity contribution in [1.82, 2.24) is 4.90 Å². The maximum atomic E-state index is 12.5. The molecule has 6 nitrogen and oxygen atoms in total. The normalized spacial score (nSPS) is 11.8. The van der Waals surface area contributed by atoms with Gasteiger partial charge in [-0.1, -0.05) is 13.0 Å². The second kappa shape index (κ2) is 6.88. The third-order valence-electron chi connectivity index (χ3n) is 3.40. The molecule has 20 heavy (non-hydrogen) atoms. The fourth-order valence-electron chi connectivity index (χ4n) is 1.90. The van der Waals surface area contributed by atoms with E-state index in [1.165, 1.54) is 12.1 Å². The molecule has 0 radical (unpaired) electrons. The highest BCUT2D eigenvalue weighted by atomic mass is 16.6. The summed E-state index contributed by atoms with van der Waals surface area (Å²) in [5.41, 5.74) is 0.555. The highest BCUT2D eigenvalue weighted by Gasteiger charge is 2.24. The molecule has 0 fully saturated rings. The Balaban J connectivity index is 3.26. The van der Waals surface area contributed by atoms with Crippen LogP contribution in [0.15, 0.2) is 18.2 Å².